The van der Waals surface area contributed by atoms with Gasteiger partial charge in [0.1, 0.15) is 11.3 Å². The van der Waals surface area contributed by atoms with Crippen molar-refractivity contribution >= 4 is 42.5 Å². The Bertz CT molecular complexity index is 1750. The van der Waals surface area contributed by atoms with Gasteiger partial charge in [0.15, 0.2) is 32.1 Å². The zero-order valence-corrected chi connectivity index (χ0v) is 21.4. The molecule has 12 nitrogen and oxygen atoms in total. The van der Waals surface area contributed by atoms with Crippen molar-refractivity contribution in [3.05, 3.63) is 66.1 Å². The van der Waals surface area contributed by atoms with Gasteiger partial charge in [-0.1, -0.05) is 6.07 Å². The number of pyridine rings is 2. The van der Waals surface area contributed by atoms with Gasteiger partial charge in [-0.2, -0.15) is 8.42 Å². The Balaban J connectivity index is 1.76. The Hall–Kier alpha value is -4.11. The Morgan fingerprint density at radius 1 is 1.19 bits per heavy atom. The number of nitrogens with zero attached hydrogens (tertiary/aromatic N) is 5. The fourth-order valence-electron chi connectivity index (χ4n) is 3.56. The number of aryl methyl sites for hydroxylation is 1. The minimum Gasteiger partial charge on any atom is -0.504 e. The molecule has 0 saturated carbocycles. The second kappa shape index (κ2) is 9.40. The molecule has 0 spiro atoms. The van der Waals surface area contributed by atoms with Crippen LogP contribution in [0.15, 0.2) is 59.0 Å². The topological polar surface area (TPSA) is 164 Å². The van der Waals surface area contributed by atoms with Gasteiger partial charge in [0.25, 0.3) is 15.9 Å². The van der Waals surface area contributed by atoms with E-state index in [1.165, 1.54) is 48.5 Å². The van der Waals surface area contributed by atoms with Crippen molar-refractivity contribution in [1.29, 1.82) is 0 Å². The van der Waals surface area contributed by atoms with E-state index in [4.69, 9.17) is 0 Å². The highest BCUT2D eigenvalue weighted by Crippen LogP contribution is 2.34. The predicted molar refractivity (Wildman–Crippen MR) is 131 cm³/mol. The third-order valence-corrected chi connectivity index (χ3v) is 8.21. The molecule has 4 aromatic rings. The van der Waals surface area contributed by atoms with Crippen LogP contribution in [0.2, 0.25) is 0 Å². The van der Waals surface area contributed by atoms with E-state index in [1.54, 1.807) is 7.05 Å². The van der Waals surface area contributed by atoms with Crippen molar-refractivity contribution in [2.75, 3.05) is 17.6 Å². The molecule has 37 heavy (non-hydrogen) atoms. The largest absolute Gasteiger partial charge is 0.504 e. The monoisotopic (exact) mass is 548 g/mol. The maximum atomic E-state index is 13.6. The number of carbonyl (C=O) groups excluding carboxylic acids is 1. The third-order valence-electron chi connectivity index (χ3n) is 5.40. The number of benzene rings is 1. The lowest BCUT2D eigenvalue weighted by Gasteiger charge is -2.20. The molecule has 1 aromatic carbocycles. The number of sulfonamides is 1. The van der Waals surface area contributed by atoms with Crippen LogP contribution in [0.5, 0.6) is 5.75 Å². The summed E-state index contributed by atoms with van der Waals surface area (Å²) in [6.07, 6.45) is 4.85. The second-order valence-corrected chi connectivity index (χ2v) is 12.0. The van der Waals surface area contributed by atoms with Crippen LogP contribution in [0.25, 0.3) is 10.9 Å². The molecular formula is C22H21FN6O6S2. The lowest BCUT2D eigenvalue weighted by atomic mass is 10.2. The molecule has 0 aliphatic heterocycles. The number of fused-ring (bicyclic) bond motifs is 1. The van der Waals surface area contributed by atoms with Gasteiger partial charge in [0.05, 0.1) is 11.2 Å². The summed E-state index contributed by atoms with van der Waals surface area (Å²) in [5.74, 6) is -2.52. The van der Waals surface area contributed by atoms with E-state index in [-0.39, 0.29) is 38.8 Å². The molecule has 0 atom stereocenters. The van der Waals surface area contributed by atoms with E-state index >= 15 is 0 Å². The molecule has 3 heterocycles. The molecule has 0 aliphatic carbocycles. The predicted octanol–water partition coefficient (Wildman–Crippen LogP) is 1.37. The number of anilines is 1. The SMILES string of the molecule is CN(c1nc(C(=O)NCc2ccc(F)cc2S(C)(=O)=O)c(O)c2ncccc12)S(=O)(=O)c1cn(C)cn1. The lowest BCUT2D eigenvalue weighted by Crippen LogP contribution is -2.30. The molecule has 194 valence electrons. The van der Waals surface area contributed by atoms with Crippen LogP contribution < -0.4 is 9.62 Å². The maximum Gasteiger partial charge on any atom is 0.284 e. The summed E-state index contributed by atoms with van der Waals surface area (Å²) in [6.45, 7) is -0.347. The van der Waals surface area contributed by atoms with Gasteiger partial charge >= 0.3 is 0 Å². The smallest absolute Gasteiger partial charge is 0.284 e. The van der Waals surface area contributed by atoms with E-state index in [1.807, 2.05) is 0 Å². The first-order valence-electron chi connectivity index (χ1n) is 10.5. The number of nitrogens with one attached hydrogen (secondary N) is 1. The highest BCUT2D eigenvalue weighted by Gasteiger charge is 2.29. The summed E-state index contributed by atoms with van der Waals surface area (Å²) in [6, 6.07) is 6.08. The van der Waals surface area contributed by atoms with E-state index in [2.05, 4.69) is 20.3 Å². The van der Waals surface area contributed by atoms with Gasteiger partial charge in [-0.15, -0.1) is 0 Å². The summed E-state index contributed by atoms with van der Waals surface area (Å²) >= 11 is 0. The highest BCUT2D eigenvalue weighted by atomic mass is 32.2. The first-order chi connectivity index (χ1) is 17.3. The molecule has 0 aliphatic rings. The fourth-order valence-corrected chi connectivity index (χ4v) is 5.63. The molecule has 0 bridgehead atoms. The minimum absolute atomic E-state index is 0.0840. The summed E-state index contributed by atoms with van der Waals surface area (Å²) in [7, 11) is -5.20. The number of hydrogen-bond acceptors (Lipinski definition) is 9. The van der Waals surface area contributed by atoms with Crippen LogP contribution in [-0.2, 0) is 33.5 Å². The van der Waals surface area contributed by atoms with Gasteiger partial charge in [-0.3, -0.25) is 14.1 Å². The van der Waals surface area contributed by atoms with Crippen molar-refractivity contribution in [2.24, 2.45) is 7.05 Å². The molecular weight excluding hydrogens is 527 g/mol. The number of aromatic nitrogens is 4. The summed E-state index contributed by atoms with van der Waals surface area (Å²) in [4.78, 5) is 24.8. The van der Waals surface area contributed by atoms with Crippen molar-refractivity contribution in [3.63, 3.8) is 0 Å². The van der Waals surface area contributed by atoms with Gasteiger partial charge in [-0.05, 0) is 29.8 Å². The van der Waals surface area contributed by atoms with E-state index in [0.717, 1.165) is 22.7 Å². The summed E-state index contributed by atoms with van der Waals surface area (Å²) in [5, 5.41) is 13.1. The molecule has 1 amide bonds. The van der Waals surface area contributed by atoms with Crippen LogP contribution in [0, 0.1) is 5.82 Å². The molecule has 3 aromatic heterocycles. The molecule has 0 saturated heterocycles. The summed E-state index contributed by atoms with van der Waals surface area (Å²) < 4.78 is 66.3. The minimum atomic E-state index is -4.20. The van der Waals surface area contributed by atoms with Crippen LogP contribution in [0.1, 0.15) is 16.1 Å². The molecule has 0 unspecified atom stereocenters. The van der Waals surface area contributed by atoms with Gasteiger partial charge < -0.3 is 15.0 Å². The van der Waals surface area contributed by atoms with Crippen molar-refractivity contribution < 1.29 is 31.1 Å². The molecule has 0 fully saturated rings. The standard InChI is InChI=1S/C22H21FN6O6S2/c1-28-11-17(26-12-28)37(34,35)29(2)21-15-5-4-8-24-18(15)20(30)19(27-21)22(31)25-10-13-6-7-14(23)9-16(13)36(3,32)33/h4-9,11-12,30H,10H2,1-3H3,(H,25,31). The fraction of sp³-hybridized carbons (Fsp3) is 0.182. The summed E-state index contributed by atoms with van der Waals surface area (Å²) in [5.41, 5.74) is -0.530. The number of rotatable bonds is 7. The van der Waals surface area contributed by atoms with Crippen molar-refractivity contribution in [2.45, 2.75) is 16.5 Å². The Labute approximate surface area is 211 Å². The Morgan fingerprint density at radius 3 is 2.57 bits per heavy atom. The Kier molecular flexibility index (Phi) is 6.60. The second-order valence-electron chi connectivity index (χ2n) is 8.09. The van der Waals surface area contributed by atoms with Crippen LogP contribution in [-0.4, -0.2) is 60.7 Å². The maximum absolute atomic E-state index is 13.6. The number of hydrogen-bond donors (Lipinski definition) is 2. The number of imidazole rings is 1. The number of sulfone groups is 1. The molecule has 2 N–H and O–H groups in total. The normalized spacial score (nSPS) is 12.0. The average Bonchev–Trinajstić information content (AvgIpc) is 3.29. The number of halogens is 1. The lowest BCUT2D eigenvalue weighted by molar-refractivity contribution is 0.0943. The number of carbonyl (C=O) groups is 1. The van der Waals surface area contributed by atoms with E-state index in [9.17, 15) is 31.1 Å². The van der Waals surface area contributed by atoms with Gasteiger partial charge in [0, 0.05) is 44.7 Å². The third kappa shape index (κ3) is 4.95. The van der Waals surface area contributed by atoms with Crippen LogP contribution >= 0.6 is 0 Å². The van der Waals surface area contributed by atoms with Crippen LogP contribution in [0.3, 0.4) is 0 Å². The molecule has 4 rings (SSSR count). The highest BCUT2D eigenvalue weighted by molar-refractivity contribution is 7.92. The molecule has 0 radical (unpaired) electrons. The van der Waals surface area contributed by atoms with Gasteiger partial charge in [0.2, 0.25) is 0 Å². The van der Waals surface area contributed by atoms with Gasteiger partial charge in [-0.25, -0.2) is 22.8 Å². The van der Waals surface area contributed by atoms with E-state index < -0.39 is 43.0 Å². The molecule has 15 heteroatoms. The van der Waals surface area contributed by atoms with Crippen LogP contribution in [0.4, 0.5) is 10.2 Å². The van der Waals surface area contributed by atoms with Crippen molar-refractivity contribution in [3.8, 4) is 5.75 Å². The van der Waals surface area contributed by atoms with Crippen molar-refractivity contribution in [1.82, 2.24) is 24.8 Å². The quantitative estimate of drug-likeness (QED) is 0.347. The Morgan fingerprint density at radius 2 is 1.92 bits per heavy atom. The zero-order chi connectivity index (χ0) is 27.1. The first-order valence-corrected chi connectivity index (χ1v) is 13.8. The van der Waals surface area contributed by atoms with E-state index in [0.29, 0.717) is 0 Å². The zero-order valence-electron chi connectivity index (χ0n) is 19.7. The average molecular weight is 549 g/mol. The number of amides is 1. The number of aromatic hydroxyl groups is 1. The first kappa shape index (κ1) is 26.0.